The summed E-state index contributed by atoms with van der Waals surface area (Å²) in [6.45, 7) is 4.13. The van der Waals surface area contributed by atoms with Gasteiger partial charge in [-0.3, -0.25) is 14.5 Å². The van der Waals surface area contributed by atoms with Crippen molar-refractivity contribution in [2.75, 3.05) is 19.6 Å². The van der Waals surface area contributed by atoms with E-state index in [2.05, 4.69) is 6.92 Å². The number of hydrogen-bond acceptors (Lipinski definition) is 3. The van der Waals surface area contributed by atoms with Crippen LogP contribution in [0.3, 0.4) is 0 Å². The molecule has 5 heteroatoms. The van der Waals surface area contributed by atoms with Crippen LogP contribution in [0.5, 0.6) is 0 Å². The molecular weight excluding hydrogens is 307 g/mol. The van der Waals surface area contributed by atoms with Crippen LogP contribution in [0.25, 0.3) is 5.57 Å². The lowest BCUT2D eigenvalue weighted by atomic mass is 10.0. The zero-order valence-electron chi connectivity index (χ0n) is 14.1. The van der Waals surface area contributed by atoms with Gasteiger partial charge in [0, 0.05) is 19.6 Å². The summed E-state index contributed by atoms with van der Waals surface area (Å²) in [6.07, 6.45) is 4.89. The summed E-state index contributed by atoms with van der Waals surface area (Å²) in [4.78, 5) is 29.1. The summed E-state index contributed by atoms with van der Waals surface area (Å²) in [7, 11) is 0. The Morgan fingerprint density at radius 3 is 2.29 bits per heavy atom. The minimum Gasteiger partial charge on any atom is -0.366 e. The van der Waals surface area contributed by atoms with E-state index in [0.717, 1.165) is 45.2 Å². The minimum absolute atomic E-state index is 0.197. The second kappa shape index (κ2) is 7.16. The van der Waals surface area contributed by atoms with E-state index in [1.807, 2.05) is 4.90 Å². The molecule has 4 nitrogen and oxygen atoms in total. The number of imide groups is 1. The lowest BCUT2D eigenvalue weighted by molar-refractivity contribution is -0.137. The van der Waals surface area contributed by atoms with Gasteiger partial charge in [-0.1, -0.05) is 31.9 Å². The van der Waals surface area contributed by atoms with Crippen LogP contribution < -0.4 is 0 Å². The molecule has 3 rings (SSSR count). The van der Waals surface area contributed by atoms with Gasteiger partial charge in [-0.25, -0.2) is 4.39 Å². The van der Waals surface area contributed by atoms with Gasteiger partial charge in [-0.15, -0.1) is 0 Å². The summed E-state index contributed by atoms with van der Waals surface area (Å²) in [5, 5.41) is 0. The molecule has 2 amide bonds. The van der Waals surface area contributed by atoms with Crippen LogP contribution in [0.1, 0.15) is 44.6 Å². The number of rotatable bonds is 6. The van der Waals surface area contributed by atoms with E-state index in [0.29, 0.717) is 23.4 Å². The van der Waals surface area contributed by atoms with Gasteiger partial charge in [0.25, 0.3) is 11.8 Å². The highest BCUT2D eigenvalue weighted by molar-refractivity contribution is 6.35. The van der Waals surface area contributed by atoms with E-state index in [1.54, 1.807) is 12.1 Å². The Bertz CT molecular complexity index is 660. The molecule has 1 saturated heterocycles. The number of halogens is 1. The number of carbonyl (C=O) groups is 2. The fourth-order valence-corrected chi connectivity index (χ4v) is 3.40. The van der Waals surface area contributed by atoms with Gasteiger partial charge in [0.05, 0.1) is 5.57 Å². The molecule has 0 spiro atoms. The number of hydrogen-bond donors (Lipinski definition) is 0. The van der Waals surface area contributed by atoms with Gasteiger partial charge >= 0.3 is 0 Å². The molecule has 0 radical (unpaired) electrons. The first-order valence-corrected chi connectivity index (χ1v) is 8.75. The van der Waals surface area contributed by atoms with Crippen molar-refractivity contribution in [3.05, 3.63) is 41.3 Å². The lowest BCUT2D eigenvalue weighted by Gasteiger charge is -2.20. The van der Waals surface area contributed by atoms with Gasteiger partial charge in [0.15, 0.2) is 0 Å². The Hall–Kier alpha value is -2.17. The van der Waals surface area contributed by atoms with E-state index < -0.39 is 0 Å². The Morgan fingerprint density at radius 1 is 1.00 bits per heavy atom. The summed E-state index contributed by atoms with van der Waals surface area (Å²) in [5.74, 6) is -0.791. The smallest absolute Gasteiger partial charge is 0.277 e. The highest BCUT2D eigenvalue weighted by atomic mass is 19.1. The third-order valence-corrected chi connectivity index (χ3v) is 4.68. The van der Waals surface area contributed by atoms with Crippen LogP contribution in [0.15, 0.2) is 30.0 Å². The van der Waals surface area contributed by atoms with Crippen molar-refractivity contribution in [3.63, 3.8) is 0 Å². The minimum atomic E-state index is -0.348. The molecule has 1 aromatic carbocycles. The maximum atomic E-state index is 13.2. The van der Waals surface area contributed by atoms with Crippen LogP contribution in [0.2, 0.25) is 0 Å². The topological polar surface area (TPSA) is 40.6 Å². The van der Waals surface area contributed by atoms with Crippen LogP contribution in [0, 0.1) is 5.82 Å². The van der Waals surface area contributed by atoms with E-state index >= 15 is 0 Å². The van der Waals surface area contributed by atoms with Crippen LogP contribution in [0.4, 0.5) is 4.39 Å². The van der Waals surface area contributed by atoms with Crippen molar-refractivity contribution < 1.29 is 14.0 Å². The highest BCUT2D eigenvalue weighted by Gasteiger charge is 2.41. The van der Waals surface area contributed by atoms with E-state index in [-0.39, 0.29) is 17.6 Å². The van der Waals surface area contributed by atoms with Gasteiger partial charge in [-0.2, -0.15) is 0 Å². The fraction of sp³-hybridized carbons (Fsp3) is 0.474. The van der Waals surface area contributed by atoms with Crippen molar-refractivity contribution in [1.82, 2.24) is 9.80 Å². The average Bonchev–Trinajstić information content (AvgIpc) is 3.17. The van der Waals surface area contributed by atoms with E-state index in [1.165, 1.54) is 17.0 Å². The standard InChI is InChI=1S/C19H23FN2O2/c1-2-3-4-13-22-18(23)16(14-7-9-15(20)10-8-14)17(19(22)24)21-11-5-6-12-21/h7-10H,2-6,11-13H2,1H3. The SMILES string of the molecule is CCCCCN1C(=O)C(c2ccc(F)cc2)=C(N2CCCC2)C1=O. The van der Waals surface area contributed by atoms with Gasteiger partial charge in [0.2, 0.25) is 0 Å². The first-order valence-electron chi connectivity index (χ1n) is 8.75. The molecule has 2 aliphatic heterocycles. The van der Waals surface area contributed by atoms with Gasteiger partial charge < -0.3 is 4.90 Å². The molecule has 0 atom stereocenters. The third-order valence-electron chi connectivity index (χ3n) is 4.68. The molecule has 1 fully saturated rings. The zero-order valence-corrected chi connectivity index (χ0v) is 14.1. The molecule has 24 heavy (non-hydrogen) atoms. The quantitative estimate of drug-likeness (QED) is 0.594. The van der Waals surface area contributed by atoms with Gasteiger partial charge in [0.1, 0.15) is 11.5 Å². The maximum Gasteiger partial charge on any atom is 0.277 e. The first-order chi connectivity index (χ1) is 11.6. The van der Waals surface area contributed by atoms with Crippen molar-refractivity contribution in [1.29, 1.82) is 0 Å². The largest absolute Gasteiger partial charge is 0.366 e. The Kier molecular flexibility index (Phi) is 4.97. The van der Waals surface area contributed by atoms with Crippen LogP contribution >= 0.6 is 0 Å². The number of nitrogens with zero attached hydrogens (tertiary/aromatic N) is 2. The molecule has 2 aliphatic rings. The summed E-state index contributed by atoms with van der Waals surface area (Å²) in [5.41, 5.74) is 1.55. The predicted octanol–water partition coefficient (Wildman–Crippen LogP) is 3.19. The lowest BCUT2D eigenvalue weighted by Crippen LogP contribution is -2.35. The average molecular weight is 330 g/mol. The third kappa shape index (κ3) is 3.07. The molecule has 0 unspecified atom stereocenters. The zero-order chi connectivity index (χ0) is 17.1. The highest BCUT2D eigenvalue weighted by Crippen LogP contribution is 2.33. The van der Waals surface area contributed by atoms with E-state index in [9.17, 15) is 14.0 Å². The van der Waals surface area contributed by atoms with Crippen LogP contribution in [-0.2, 0) is 9.59 Å². The second-order valence-electron chi connectivity index (χ2n) is 6.39. The predicted molar refractivity (Wildman–Crippen MR) is 90.4 cm³/mol. The number of amides is 2. The second-order valence-corrected chi connectivity index (χ2v) is 6.39. The molecule has 2 heterocycles. The monoisotopic (exact) mass is 330 g/mol. The Morgan fingerprint density at radius 2 is 1.67 bits per heavy atom. The fourth-order valence-electron chi connectivity index (χ4n) is 3.40. The van der Waals surface area contributed by atoms with Crippen molar-refractivity contribution in [2.45, 2.75) is 39.0 Å². The molecule has 128 valence electrons. The van der Waals surface area contributed by atoms with Crippen LogP contribution in [-0.4, -0.2) is 41.2 Å². The normalized spacial score (nSPS) is 18.2. The Balaban J connectivity index is 1.96. The molecular formula is C19H23FN2O2. The molecule has 0 saturated carbocycles. The van der Waals surface area contributed by atoms with E-state index in [4.69, 9.17) is 0 Å². The number of likely N-dealkylation sites (tertiary alicyclic amines) is 1. The Labute approximate surface area is 141 Å². The van der Waals surface area contributed by atoms with Crippen molar-refractivity contribution >= 4 is 17.4 Å². The van der Waals surface area contributed by atoms with Crippen molar-refractivity contribution in [2.24, 2.45) is 0 Å². The summed E-state index contributed by atoms with van der Waals surface area (Å²) >= 11 is 0. The number of unbranched alkanes of at least 4 members (excludes halogenated alkanes) is 2. The molecule has 0 aromatic heterocycles. The molecule has 1 aromatic rings. The number of benzene rings is 1. The molecule has 0 bridgehead atoms. The van der Waals surface area contributed by atoms with Crippen molar-refractivity contribution in [3.8, 4) is 0 Å². The molecule has 0 aliphatic carbocycles. The first kappa shape index (κ1) is 16.7. The molecule has 0 N–H and O–H groups in total. The van der Waals surface area contributed by atoms with Gasteiger partial charge in [-0.05, 0) is 37.0 Å². The summed E-state index contributed by atoms with van der Waals surface area (Å²) in [6, 6.07) is 5.84. The maximum absolute atomic E-state index is 13.2. The number of carbonyl (C=O) groups excluding carboxylic acids is 2. The summed E-state index contributed by atoms with van der Waals surface area (Å²) < 4.78 is 13.2.